The average molecular weight is 285 g/mol. The predicted molar refractivity (Wildman–Crippen MR) is 79.0 cm³/mol. The minimum absolute atomic E-state index is 0.00206. The Balaban J connectivity index is 1.71. The summed E-state index contributed by atoms with van der Waals surface area (Å²) < 4.78 is 5.82. The summed E-state index contributed by atoms with van der Waals surface area (Å²) >= 11 is 0. The number of H-pyrrole nitrogens is 1. The first-order valence-electron chi connectivity index (χ1n) is 7.26. The van der Waals surface area contributed by atoms with Crippen LogP contribution in [0.4, 0.5) is 0 Å². The van der Waals surface area contributed by atoms with E-state index in [0.717, 1.165) is 12.0 Å². The fourth-order valence-electron chi connectivity index (χ4n) is 2.55. The van der Waals surface area contributed by atoms with Gasteiger partial charge in [0, 0.05) is 12.7 Å². The molecule has 110 valence electrons. The van der Waals surface area contributed by atoms with E-state index in [-0.39, 0.29) is 12.0 Å². The van der Waals surface area contributed by atoms with Crippen LogP contribution in [0.3, 0.4) is 0 Å². The number of carbonyl (C=O) groups excluding carboxylic acids is 1. The molecule has 1 aromatic carbocycles. The Kier molecular flexibility index (Phi) is 4.01. The molecule has 5 nitrogen and oxygen atoms in total. The number of nitrogens with one attached hydrogen (secondary N) is 1. The summed E-state index contributed by atoms with van der Waals surface area (Å²) in [6.07, 6.45) is 4.16. The molecule has 2 heterocycles. The second-order valence-electron chi connectivity index (χ2n) is 5.19. The van der Waals surface area contributed by atoms with Crippen molar-refractivity contribution >= 4 is 5.91 Å². The zero-order chi connectivity index (χ0) is 14.7. The van der Waals surface area contributed by atoms with Crippen molar-refractivity contribution in [2.24, 2.45) is 0 Å². The molecule has 0 radical (unpaired) electrons. The monoisotopic (exact) mass is 285 g/mol. The number of aryl methyl sites for hydroxylation is 1. The van der Waals surface area contributed by atoms with Crippen LogP contribution in [0.2, 0.25) is 0 Å². The molecular formula is C16H19N3O2. The van der Waals surface area contributed by atoms with Gasteiger partial charge in [0.2, 0.25) is 0 Å². The first-order chi connectivity index (χ1) is 10.3. The maximum atomic E-state index is 12.3. The molecule has 1 N–H and O–H groups in total. The van der Waals surface area contributed by atoms with Gasteiger partial charge in [-0.2, -0.15) is 5.10 Å². The van der Waals surface area contributed by atoms with Gasteiger partial charge in [-0.05, 0) is 17.5 Å². The quantitative estimate of drug-likeness (QED) is 0.940. The predicted octanol–water partition coefficient (Wildman–Crippen LogP) is 2.19. The van der Waals surface area contributed by atoms with Crippen molar-refractivity contribution < 1.29 is 9.53 Å². The highest BCUT2D eigenvalue weighted by Crippen LogP contribution is 2.23. The molecule has 0 aliphatic carbocycles. The van der Waals surface area contributed by atoms with E-state index in [0.29, 0.717) is 25.3 Å². The van der Waals surface area contributed by atoms with E-state index in [2.05, 4.69) is 41.4 Å². The lowest BCUT2D eigenvalue weighted by Crippen LogP contribution is -2.42. The van der Waals surface area contributed by atoms with E-state index < -0.39 is 0 Å². The summed E-state index contributed by atoms with van der Waals surface area (Å²) in [7, 11) is 0. The number of carbonyl (C=O) groups is 1. The highest BCUT2D eigenvalue weighted by atomic mass is 16.5. The lowest BCUT2D eigenvalue weighted by molar-refractivity contribution is -0.0228. The largest absolute Gasteiger partial charge is 0.370 e. The number of benzene rings is 1. The van der Waals surface area contributed by atoms with E-state index in [1.54, 1.807) is 12.4 Å². The Bertz CT molecular complexity index is 592. The number of morpholine rings is 1. The molecular weight excluding hydrogens is 266 g/mol. The smallest absolute Gasteiger partial charge is 0.257 e. The van der Waals surface area contributed by atoms with Gasteiger partial charge >= 0.3 is 0 Å². The molecule has 3 rings (SSSR count). The van der Waals surface area contributed by atoms with Crippen LogP contribution in [0.15, 0.2) is 36.7 Å². The molecule has 1 aliphatic rings. The van der Waals surface area contributed by atoms with E-state index in [1.165, 1.54) is 5.56 Å². The highest BCUT2D eigenvalue weighted by molar-refractivity contribution is 5.93. The third-order valence-electron chi connectivity index (χ3n) is 3.86. The Morgan fingerprint density at radius 2 is 2.24 bits per heavy atom. The number of hydrogen-bond acceptors (Lipinski definition) is 3. The Morgan fingerprint density at radius 3 is 2.90 bits per heavy atom. The zero-order valence-electron chi connectivity index (χ0n) is 12.1. The molecule has 0 spiro atoms. The standard InChI is InChI=1S/C16H19N3O2/c1-2-12-3-5-13(6-4-12)15-11-19(7-8-21-15)16(20)14-9-17-18-10-14/h3-6,9-10,15H,2,7-8,11H2,1H3,(H,17,18)/t15-/m0/s1. The van der Waals surface area contributed by atoms with E-state index in [4.69, 9.17) is 4.74 Å². The number of amides is 1. The molecule has 0 bridgehead atoms. The lowest BCUT2D eigenvalue weighted by atomic mass is 10.0. The van der Waals surface area contributed by atoms with Crippen molar-refractivity contribution in [2.45, 2.75) is 19.4 Å². The molecule has 0 unspecified atom stereocenters. The summed E-state index contributed by atoms with van der Waals surface area (Å²) in [6, 6.07) is 8.43. The van der Waals surface area contributed by atoms with E-state index >= 15 is 0 Å². The molecule has 1 saturated heterocycles. The zero-order valence-corrected chi connectivity index (χ0v) is 12.1. The summed E-state index contributed by atoms with van der Waals surface area (Å²) in [5.74, 6) is 0.00206. The summed E-state index contributed by atoms with van der Waals surface area (Å²) in [5, 5.41) is 6.51. The molecule has 1 aromatic heterocycles. The fourth-order valence-corrected chi connectivity index (χ4v) is 2.55. The van der Waals surface area contributed by atoms with Crippen molar-refractivity contribution in [3.05, 3.63) is 53.3 Å². The first-order valence-corrected chi connectivity index (χ1v) is 7.26. The van der Waals surface area contributed by atoms with Gasteiger partial charge in [-0.15, -0.1) is 0 Å². The van der Waals surface area contributed by atoms with Crippen molar-refractivity contribution in [3.63, 3.8) is 0 Å². The topological polar surface area (TPSA) is 58.2 Å². The van der Waals surface area contributed by atoms with Crippen LogP contribution in [-0.2, 0) is 11.2 Å². The van der Waals surface area contributed by atoms with E-state index in [9.17, 15) is 4.79 Å². The normalized spacial score (nSPS) is 18.7. The minimum atomic E-state index is -0.0551. The van der Waals surface area contributed by atoms with Crippen molar-refractivity contribution in [2.75, 3.05) is 19.7 Å². The van der Waals surface area contributed by atoms with Gasteiger partial charge in [-0.25, -0.2) is 0 Å². The molecule has 5 heteroatoms. The molecule has 1 atom stereocenters. The molecule has 1 amide bonds. The van der Waals surface area contributed by atoms with Gasteiger partial charge < -0.3 is 9.64 Å². The van der Waals surface area contributed by atoms with Gasteiger partial charge in [0.25, 0.3) is 5.91 Å². The SMILES string of the molecule is CCc1ccc([C@@H]2CN(C(=O)c3cn[nH]c3)CCO2)cc1. The fraction of sp³-hybridized carbons (Fsp3) is 0.375. The van der Waals surface area contributed by atoms with Crippen molar-refractivity contribution in [3.8, 4) is 0 Å². The van der Waals surface area contributed by atoms with Crippen LogP contribution in [-0.4, -0.2) is 40.7 Å². The molecule has 1 aliphatic heterocycles. The second-order valence-corrected chi connectivity index (χ2v) is 5.19. The minimum Gasteiger partial charge on any atom is -0.370 e. The molecule has 1 fully saturated rings. The summed E-state index contributed by atoms with van der Waals surface area (Å²) in [5.41, 5.74) is 3.02. The maximum Gasteiger partial charge on any atom is 0.257 e. The van der Waals surface area contributed by atoms with E-state index in [1.807, 2.05) is 4.90 Å². The second kappa shape index (κ2) is 6.10. The summed E-state index contributed by atoms with van der Waals surface area (Å²) in [4.78, 5) is 14.2. The number of ether oxygens (including phenoxy) is 1. The molecule has 2 aromatic rings. The highest BCUT2D eigenvalue weighted by Gasteiger charge is 2.26. The third kappa shape index (κ3) is 2.97. The van der Waals surface area contributed by atoms with Crippen LogP contribution >= 0.6 is 0 Å². The number of nitrogens with zero attached hydrogens (tertiary/aromatic N) is 2. The van der Waals surface area contributed by atoms with Crippen LogP contribution in [0.1, 0.15) is 34.5 Å². The molecule has 0 saturated carbocycles. The average Bonchev–Trinajstić information content (AvgIpc) is 3.09. The number of aromatic amines is 1. The van der Waals surface area contributed by atoms with Crippen LogP contribution in [0, 0.1) is 0 Å². The van der Waals surface area contributed by atoms with Gasteiger partial charge in [0.1, 0.15) is 6.10 Å². The number of aromatic nitrogens is 2. The third-order valence-corrected chi connectivity index (χ3v) is 3.86. The molecule has 21 heavy (non-hydrogen) atoms. The van der Waals surface area contributed by atoms with Crippen LogP contribution < -0.4 is 0 Å². The number of hydrogen-bond donors (Lipinski definition) is 1. The van der Waals surface area contributed by atoms with Gasteiger partial charge in [0.15, 0.2) is 0 Å². The van der Waals surface area contributed by atoms with Gasteiger partial charge in [0.05, 0.1) is 24.9 Å². The number of rotatable bonds is 3. The van der Waals surface area contributed by atoms with Crippen LogP contribution in [0.25, 0.3) is 0 Å². The Labute approximate surface area is 123 Å². The summed E-state index contributed by atoms with van der Waals surface area (Å²) in [6.45, 7) is 3.89. The Hall–Kier alpha value is -2.14. The maximum absolute atomic E-state index is 12.3. The van der Waals surface area contributed by atoms with Crippen LogP contribution in [0.5, 0.6) is 0 Å². The van der Waals surface area contributed by atoms with Crippen molar-refractivity contribution in [1.29, 1.82) is 0 Å². The first kappa shape index (κ1) is 13.8. The van der Waals surface area contributed by atoms with Gasteiger partial charge in [-0.1, -0.05) is 31.2 Å². The van der Waals surface area contributed by atoms with Gasteiger partial charge in [-0.3, -0.25) is 9.89 Å². The lowest BCUT2D eigenvalue weighted by Gasteiger charge is -2.33. The van der Waals surface area contributed by atoms with Crippen molar-refractivity contribution in [1.82, 2.24) is 15.1 Å². The Morgan fingerprint density at radius 1 is 1.43 bits per heavy atom.